The molecular weight excluding hydrogens is 289 g/mol. The quantitative estimate of drug-likeness (QED) is 0.938. The summed E-state index contributed by atoms with van der Waals surface area (Å²) in [6.45, 7) is 0.418. The number of benzene rings is 2. The number of rotatable bonds is 3. The van der Waals surface area contributed by atoms with Gasteiger partial charge in [-0.05, 0) is 42.0 Å². The van der Waals surface area contributed by atoms with Crippen LogP contribution in [0, 0.1) is 5.82 Å². The lowest BCUT2D eigenvalue weighted by atomic mass is 10.0. The Morgan fingerprint density at radius 3 is 2.43 bits per heavy atom. The molecule has 1 atom stereocenters. The van der Waals surface area contributed by atoms with E-state index in [4.69, 9.17) is 17.3 Å². The largest absolute Gasteiger partial charge is 0.325 e. The van der Waals surface area contributed by atoms with Crippen molar-refractivity contribution in [1.29, 1.82) is 0 Å². The molecule has 1 heterocycles. The van der Waals surface area contributed by atoms with Gasteiger partial charge in [-0.2, -0.15) is 5.10 Å². The van der Waals surface area contributed by atoms with Crippen LogP contribution in [0.1, 0.15) is 18.0 Å². The van der Waals surface area contributed by atoms with Crippen molar-refractivity contribution in [3.05, 3.63) is 64.9 Å². The third kappa shape index (κ3) is 2.91. The minimum Gasteiger partial charge on any atom is -0.325 e. The molecule has 5 heteroatoms. The Morgan fingerprint density at radius 1 is 1.14 bits per heavy atom. The van der Waals surface area contributed by atoms with Gasteiger partial charge < -0.3 is 5.73 Å². The van der Waals surface area contributed by atoms with Crippen molar-refractivity contribution in [2.45, 2.75) is 12.5 Å². The average molecular weight is 304 g/mol. The monoisotopic (exact) mass is 303 g/mol. The summed E-state index contributed by atoms with van der Waals surface area (Å²) in [5, 5.41) is 7.15. The van der Waals surface area contributed by atoms with Gasteiger partial charge >= 0.3 is 0 Å². The Kier molecular flexibility index (Phi) is 3.90. The first-order valence-corrected chi connectivity index (χ1v) is 7.12. The van der Waals surface area contributed by atoms with E-state index in [0.29, 0.717) is 11.6 Å². The third-order valence-electron chi connectivity index (χ3n) is 3.55. The van der Waals surface area contributed by atoms with E-state index in [1.165, 1.54) is 12.1 Å². The van der Waals surface area contributed by atoms with E-state index in [-0.39, 0.29) is 11.9 Å². The average Bonchev–Trinajstić information content (AvgIpc) is 2.93. The molecule has 0 aromatic heterocycles. The Bertz CT molecular complexity index is 652. The molecular formula is C16H15ClFN3. The van der Waals surface area contributed by atoms with E-state index in [9.17, 15) is 4.39 Å². The molecule has 0 aliphatic carbocycles. The maximum atomic E-state index is 13.1. The molecule has 1 aliphatic heterocycles. The summed E-state index contributed by atoms with van der Waals surface area (Å²) in [5.74, 6) is -0.260. The van der Waals surface area contributed by atoms with Gasteiger partial charge in [0.25, 0.3) is 0 Å². The van der Waals surface area contributed by atoms with Crippen molar-refractivity contribution in [1.82, 2.24) is 0 Å². The standard InChI is InChI=1S/C16H15ClFN3/c17-12-3-1-11(2-4-12)16-9-14(10-19)20-21(16)15-7-5-13(18)6-8-15/h1-8,16H,9-10,19H2. The van der Waals surface area contributed by atoms with Gasteiger partial charge in [-0.1, -0.05) is 23.7 Å². The van der Waals surface area contributed by atoms with Crippen LogP contribution < -0.4 is 10.7 Å². The summed E-state index contributed by atoms with van der Waals surface area (Å²) in [6, 6.07) is 14.1. The maximum absolute atomic E-state index is 13.1. The molecule has 2 aromatic rings. The van der Waals surface area contributed by atoms with Crippen LogP contribution in [0.2, 0.25) is 5.02 Å². The van der Waals surface area contributed by atoms with Crippen LogP contribution in [0.15, 0.2) is 53.6 Å². The third-order valence-corrected chi connectivity index (χ3v) is 3.81. The molecule has 108 valence electrons. The van der Waals surface area contributed by atoms with Gasteiger partial charge in [-0.25, -0.2) is 4.39 Å². The van der Waals surface area contributed by atoms with Crippen LogP contribution in [0.5, 0.6) is 0 Å². The fraction of sp³-hybridized carbons (Fsp3) is 0.188. The smallest absolute Gasteiger partial charge is 0.123 e. The number of anilines is 1. The van der Waals surface area contributed by atoms with Crippen molar-refractivity contribution in [2.24, 2.45) is 10.8 Å². The van der Waals surface area contributed by atoms with Gasteiger partial charge in [0.15, 0.2) is 0 Å². The predicted octanol–water partition coefficient (Wildman–Crippen LogP) is 3.75. The molecule has 2 aromatic carbocycles. The van der Waals surface area contributed by atoms with Crippen molar-refractivity contribution >= 4 is 23.0 Å². The van der Waals surface area contributed by atoms with Crippen molar-refractivity contribution in [2.75, 3.05) is 11.6 Å². The maximum Gasteiger partial charge on any atom is 0.123 e. The lowest BCUT2D eigenvalue weighted by Gasteiger charge is -2.24. The number of hydrogen-bond acceptors (Lipinski definition) is 3. The van der Waals surface area contributed by atoms with Crippen LogP contribution in [-0.4, -0.2) is 12.3 Å². The minimum atomic E-state index is -0.260. The number of hydrazone groups is 1. The van der Waals surface area contributed by atoms with Crippen molar-refractivity contribution in [3.63, 3.8) is 0 Å². The van der Waals surface area contributed by atoms with Crippen LogP contribution in [0.4, 0.5) is 10.1 Å². The number of nitrogens with zero attached hydrogens (tertiary/aromatic N) is 2. The first kappa shape index (κ1) is 14.0. The number of hydrogen-bond donors (Lipinski definition) is 1. The second-order valence-corrected chi connectivity index (χ2v) is 5.40. The molecule has 21 heavy (non-hydrogen) atoms. The fourth-order valence-corrected chi connectivity index (χ4v) is 2.60. The second kappa shape index (κ2) is 5.84. The van der Waals surface area contributed by atoms with Gasteiger partial charge in [-0.3, -0.25) is 5.01 Å². The zero-order valence-electron chi connectivity index (χ0n) is 11.3. The fourth-order valence-electron chi connectivity index (χ4n) is 2.47. The van der Waals surface area contributed by atoms with Gasteiger partial charge in [-0.15, -0.1) is 0 Å². The molecule has 0 saturated carbocycles. The van der Waals surface area contributed by atoms with Crippen molar-refractivity contribution in [3.8, 4) is 0 Å². The van der Waals surface area contributed by atoms with Crippen molar-refractivity contribution < 1.29 is 4.39 Å². The summed E-state index contributed by atoms with van der Waals surface area (Å²) in [5.41, 5.74) is 8.61. The topological polar surface area (TPSA) is 41.6 Å². The predicted molar refractivity (Wildman–Crippen MR) is 84.2 cm³/mol. The molecule has 3 nitrogen and oxygen atoms in total. The van der Waals surface area contributed by atoms with E-state index >= 15 is 0 Å². The normalized spacial score (nSPS) is 18.0. The molecule has 0 bridgehead atoms. The zero-order valence-corrected chi connectivity index (χ0v) is 12.1. The highest BCUT2D eigenvalue weighted by Gasteiger charge is 2.28. The molecule has 1 aliphatic rings. The van der Waals surface area contributed by atoms with Gasteiger partial charge in [0.1, 0.15) is 5.82 Å². The van der Waals surface area contributed by atoms with Gasteiger partial charge in [0, 0.05) is 18.0 Å². The summed E-state index contributed by atoms with van der Waals surface area (Å²) >= 11 is 5.94. The molecule has 0 amide bonds. The lowest BCUT2D eigenvalue weighted by Crippen LogP contribution is -2.18. The highest BCUT2D eigenvalue weighted by Crippen LogP contribution is 2.35. The SMILES string of the molecule is NCC1=NN(c2ccc(F)cc2)C(c2ccc(Cl)cc2)C1. The first-order chi connectivity index (χ1) is 10.2. The summed E-state index contributed by atoms with van der Waals surface area (Å²) in [6.07, 6.45) is 0.759. The zero-order chi connectivity index (χ0) is 14.8. The molecule has 1 unspecified atom stereocenters. The van der Waals surface area contributed by atoms with E-state index < -0.39 is 0 Å². The van der Waals surface area contributed by atoms with E-state index in [2.05, 4.69) is 5.10 Å². The van der Waals surface area contributed by atoms with Crippen LogP contribution in [-0.2, 0) is 0 Å². The van der Waals surface area contributed by atoms with Crippen LogP contribution in [0.3, 0.4) is 0 Å². The molecule has 0 saturated heterocycles. The number of nitrogens with two attached hydrogens (primary N) is 1. The Balaban J connectivity index is 1.95. The summed E-state index contributed by atoms with van der Waals surface area (Å²) < 4.78 is 13.1. The Morgan fingerprint density at radius 2 is 1.81 bits per heavy atom. The van der Waals surface area contributed by atoms with E-state index in [1.54, 1.807) is 12.1 Å². The summed E-state index contributed by atoms with van der Waals surface area (Å²) in [4.78, 5) is 0. The van der Waals surface area contributed by atoms with Crippen LogP contribution in [0.25, 0.3) is 0 Å². The minimum absolute atomic E-state index is 0.0614. The van der Waals surface area contributed by atoms with Gasteiger partial charge in [0.2, 0.25) is 0 Å². The van der Waals surface area contributed by atoms with Crippen LogP contribution >= 0.6 is 11.6 Å². The van der Waals surface area contributed by atoms with E-state index in [1.807, 2.05) is 29.3 Å². The molecule has 0 fully saturated rings. The highest BCUT2D eigenvalue weighted by molar-refractivity contribution is 6.30. The molecule has 0 radical (unpaired) electrons. The Labute approximate surface area is 127 Å². The number of halogens is 2. The lowest BCUT2D eigenvalue weighted by molar-refractivity contribution is 0.626. The van der Waals surface area contributed by atoms with E-state index in [0.717, 1.165) is 23.4 Å². The molecule has 3 rings (SSSR count). The Hall–Kier alpha value is -1.91. The molecule has 2 N–H and O–H groups in total. The van der Waals surface area contributed by atoms with Gasteiger partial charge in [0.05, 0.1) is 17.4 Å². The first-order valence-electron chi connectivity index (χ1n) is 6.74. The highest BCUT2D eigenvalue weighted by atomic mass is 35.5. The molecule has 0 spiro atoms. The summed E-state index contributed by atoms with van der Waals surface area (Å²) in [7, 11) is 0. The second-order valence-electron chi connectivity index (χ2n) is 4.96.